The SMILES string of the molecule is NCCCCCC(=O)N1CC(O)CC1C(=O)O. The summed E-state index contributed by atoms with van der Waals surface area (Å²) in [6.45, 7) is 0.737. The van der Waals surface area contributed by atoms with Gasteiger partial charge in [-0.05, 0) is 19.4 Å². The second kappa shape index (κ2) is 6.56. The van der Waals surface area contributed by atoms with Gasteiger partial charge in [0.2, 0.25) is 5.91 Å². The molecule has 1 aliphatic rings. The van der Waals surface area contributed by atoms with Crippen molar-refractivity contribution in [3.05, 3.63) is 0 Å². The van der Waals surface area contributed by atoms with Gasteiger partial charge in [0, 0.05) is 19.4 Å². The number of aliphatic hydroxyl groups is 1. The van der Waals surface area contributed by atoms with Crippen LogP contribution in [0.1, 0.15) is 32.1 Å². The number of carboxylic acid groups (broad SMARTS) is 1. The summed E-state index contributed by atoms with van der Waals surface area (Å²) >= 11 is 0. The Morgan fingerprint density at radius 2 is 2.00 bits per heavy atom. The van der Waals surface area contributed by atoms with Gasteiger partial charge in [-0.25, -0.2) is 4.79 Å². The van der Waals surface area contributed by atoms with E-state index < -0.39 is 18.1 Å². The van der Waals surface area contributed by atoms with Crippen LogP contribution in [0.2, 0.25) is 0 Å². The predicted molar refractivity (Wildman–Crippen MR) is 61.3 cm³/mol. The molecule has 0 bridgehead atoms. The molecular formula is C11H20N2O4. The second-order valence-corrected chi connectivity index (χ2v) is 4.39. The van der Waals surface area contributed by atoms with Crippen molar-refractivity contribution in [1.29, 1.82) is 0 Å². The van der Waals surface area contributed by atoms with E-state index in [-0.39, 0.29) is 18.9 Å². The zero-order valence-corrected chi connectivity index (χ0v) is 9.84. The van der Waals surface area contributed by atoms with E-state index in [2.05, 4.69) is 0 Å². The van der Waals surface area contributed by atoms with Gasteiger partial charge in [-0.2, -0.15) is 0 Å². The fourth-order valence-electron chi connectivity index (χ4n) is 2.06. The first-order valence-corrected chi connectivity index (χ1v) is 5.96. The topological polar surface area (TPSA) is 104 Å². The van der Waals surface area contributed by atoms with Gasteiger partial charge in [-0.3, -0.25) is 4.79 Å². The summed E-state index contributed by atoms with van der Waals surface area (Å²) in [5, 5.41) is 18.3. The lowest BCUT2D eigenvalue weighted by Gasteiger charge is -2.21. The van der Waals surface area contributed by atoms with Crippen molar-refractivity contribution >= 4 is 11.9 Å². The summed E-state index contributed by atoms with van der Waals surface area (Å²) in [5.74, 6) is -1.23. The van der Waals surface area contributed by atoms with E-state index in [1.54, 1.807) is 0 Å². The van der Waals surface area contributed by atoms with Crippen molar-refractivity contribution in [2.75, 3.05) is 13.1 Å². The molecule has 0 aromatic rings. The first-order valence-electron chi connectivity index (χ1n) is 5.96. The van der Waals surface area contributed by atoms with Crippen molar-refractivity contribution in [3.63, 3.8) is 0 Å². The number of aliphatic carboxylic acids is 1. The molecule has 0 aromatic carbocycles. The number of carbonyl (C=O) groups excluding carboxylic acids is 1. The van der Waals surface area contributed by atoms with Crippen molar-refractivity contribution in [1.82, 2.24) is 4.90 Å². The van der Waals surface area contributed by atoms with Crippen LogP contribution in [0.4, 0.5) is 0 Å². The maximum atomic E-state index is 11.8. The first kappa shape index (κ1) is 13.9. The van der Waals surface area contributed by atoms with Gasteiger partial charge in [-0.1, -0.05) is 6.42 Å². The van der Waals surface area contributed by atoms with Crippen molar-refractivity contribution in [3.8, 4) is 0 Å². The lowest BCUT2D eigenvalue weighted by atomic mass is 10.1. The minimum atomic E-state index is -1.04. The number of carboxylic acids is 1. The molecule has 1 heterocycles. The van der Waals surface area contributed by atoms with Crippen LogP contribution in [-0.4, -0.2) is 52.2 Å². The molecule has 0 aliphatic carbocycles. The fourth-order valence-corrected chi connectivity index (χ4v) is 2.06. The zero-order chi connectivity index (χ0) is 12.8. The van der Waals surface area contributed by atoms with E-state index in [0.29, 0.717) is 13.0 Å². The monoisotopic (exact) mass is 244 g/mol. The lowest BCUT2D eigenvalue weighted by molar-refractivity contribution is -0.148. The molecule has 2 unspecified atom stereocenters. The number of unbranched alkanes of at least 4 members (excludes halogenated alkanes) is 2. The number of carbonyl (C=O) groups is 2. The Hall–Kier alpha value is -1.14. The molecule has 98 valence electrons. The smallest absolute Gasteiger partial charge is 0.326 e. The van der Waals surface area contributed by atoms with Crippen LogP contribution in [0, 0.1) is 0 Å². The normalized spacial score (nSPS) is 24.0. The molecule has 6 heteroatoms. The quantitative estimate of drug-likeness (QED) is 0.549. The van der Waals surface area contributed by atoms with Crippen LogP contribution in [0.15, 0.2) is 0 Å². The van der Waals surface area contributed by atoms with E-state index in [0.717, 1.165) is 19.3 Å². The number of rotatable bonds is 6. The molecule has 6 nitrogen and oxygen atoms in total. The van der Waals surface area contributed by atoms with Crippen LogP contribution in [-0.2, 0) is 9.59 Å². The van der Waals surface area contributed by atoms with Gasteiger partial charge in [0.05, 0.1) is 6.10 Å². The molecule has 0 saturated carbocycles. The summed E-state index contributed by atoms with van der Waals surface area (Å²) in [7, 11) is 0. The number of β-amino-alcohol motifs (C(OH)–C–C–N with tert-alkyl or cyclic N) is 1. The van der Waals surface area contributed by atoms with Gasteiger partial charge in [0.15, 0.2) is 0 Å². The van der Waals surface area contributed by atoms with Crippen molar-refractivity contribution in [2.45, 2.75) is 44.2 Å². The Balaban J connectivity index is 2.41. The van der Waals surface area contributed by atoms with Gasteiger partial charge in [0.25, 0.3) is 0 Å². The average molecular weight is 244 g/mol. The average Bonchev–Trinajstić information content (AvgIpc) is 2.66. The van der Waals surface area contributed by atoms with Crippen molar-refractivity contribution < 1.29 is 19.8 Å². The van der Waals surface area contributed by atoms with Gasteiger partial charge in [0.1, 0.15) is 6.04 Å². The van der Waals surface area contributed by atoms with E-state index in [1.807, 2.05) is 0 Å². The number of nitrogens with two attached hydrogens (primary N) is 1. The molecule has 17 heavy (non-hydrogen) atoms. The number of aliphatic hydroxyl groups excluding tert-OH is 1. The molecule has 1 aliphatic heterocycles. The lowest BCUT2D eigenvalue weighted by Crippen LogP contribution is -2.40. The van der Waals surface area contributed by atoms with Crippen molar-refractivity contribution in [2.24, 2.45) is 5.73 Å². The van der Waals surface area contributed by atoms with Crippen LogP contribution < -0.4 is 5.73 Å². The largest absolute Gasteiger partial charge is 0.480 e. The summed E-state index contributed by atoms with van der Waals surface area (Å²) in [4.78, 5) is 24.0. The first-order chi connectivity index (χ1) is 8.06. The molecule has 2 atom stereocenters. The Bertz CT molecular complexity index is 283. The number of hydrogen-bond donors (Lipinski definition) is 3. The number of hydrogen-bond acceptors (Lipinski definition) is 4. The van der Waals surface area contributed by atoms with Crippen LogP contribution in [0.25, 0.3) is 0 Å². The highest BCUT2D eigenvalue weighted by Crippen LogP contribution is 2.19. The van der Waals surface area contributed by atoms with Gasteiger partial charge >= 0.3 is 5.97 Å². The molecule has 1 fully saturated rings. The standard InChI is InChI=1S/C11H20N2O4/c12-5-3-1-2-4-10(15)13-7-8(14)6-9(13)11(16)17/h8-9,14H,1-7,12H2,(H,16,17). The molecule has 1 amide bonds. The molecule has 1 saturated heterocycles. The maximum absolute atomic E-state index is 11.8. The van der Waals surface area contributed by atoms with Crippen LogP contribution >= 0.6 is 0 Å². The summed E-state index contributed by atoms with van der Waals surface area (Å²) < 4.78 is 0. The maximum Gasteiger partial charge on any atom is 0.326 e. The summed E-state index contributed by atoms with van der Waals surface area (Å²) in [6, 6.07) is -0.869. The Labute approximate surface area is 100 Å². The predicted octanol–water partition coefficient (Wildman–Crippen LogP) is -0.448. The molecule has 0 spiro atoms. The number of amides is 1. The molecule has 0 aromatic heterocycles. The third-order valence-electron chi connectivity index (χ3n) is 2.98. The van der Waals surface area contributed by atoms with E-state index in [9.17, 15) is 14.7 Å². The molecular weight excluding hydrogens is 224 g/mol. The molecule has 4 N–H and O–H groups in total. The molecule has 0 radical (unpaired) electrons. The second-order valence-electron chi connectivity index (χ2n) is 4.39. The van der Waals surface area contributed by atoms with Gasteiger partial charge in [-0.15, -0.1) is 0 Å². The Morgan fingerprint density at radius 1 is 1.29 bits per heavy atom. The summed E-state index contributed by atoms with van der Waals surface area (Å²) in [5.41, 5.74) is 5.34. The Kier molecular flexibility index (Phi) is 5.37. The Morgan fingerprint density at radius 3 is 2.59 bits per heavy atom. The number of nitrogens with zero attached hydrogens (tertiary/aromatic N) is 1. The minimum absolute atomic E-state index is 0.129. The van der Waals surface area contributed by atoms with E-state index in [1.165, 1.54) is 4.90 Å². The highest BCUT2D eigenvalue weighted by molar-refractivity contribution is 5.84. The van der Waals surface area contributed by atoms with Crippen LogP contribution in [0.3, 0.4) is 0 Å². The van der Waals surface area contributed by atoms with E-state index in [4.69, 9.17) is 10.8 Å². The van der Waals surface area contributed by atoms with Crippen LogP contribution in [0.5, 0.6) is 0 Å². The minimum Gasteiger partial charge on any atom is -0.480 e. The summed E-state index contributed by atoms with van der Waals surface area (Å²) in [6.07, 6.45) is 2.20. The number of likely N-dealkylation sites (tertiary alicyclic amines) is 1. The van der Waals surface area contributed by atoms with Gasteiger partial charge < -0.3 is 20.8 Å². The highest BCUT2D eigenvalue weighted by Gasteiger charge is 2.38. The van der Waals surface area contributed by atoms with E-state index >= 15 is 0 Å². The third kappa shape index (κ3) is 3.98. The fraction of sp³-hybridized carbons (Fsp3) is 0.818. The zero-order valence-electron chi connectivity index (χ0n) is 9.84. The highest BCUT2D eigenvalue weighted by atomic mass is 16.4. The third-order valence-corrected chi connectivity index (χ3v) is 2.98. The molecule has 1 rings (SSSR count).